The molecule has 2 aromatic carbocycles. The van der Waals surface area contributed by atoms with Crippen LogP contribution < -0.4 is 4.74 Å². The van der Waals surface area contributed by atoms with Crippen LogP contribution in [0.4, 0.5) is 13.2 Å². The maximum Gasteiger partial charge on any atom is 0.194 e. The highest BCUT2D eigenvalue weighted by Gasteiger charge is 2.35. The van der Waals surface area contributed by atoms with Crippen LogP contribution in [-0.4, -0.2) is 65.5 Å². The number of aliphatic hydroxyl groups excluding tert-OH is 1. The largest absolute Gasteiger partial charge is 0.495 e. The van der Waals surface area contributed by atoms with Gasteiger partial charge in [-0.3, -0.25) is 0 Å². The number of hydrogen-bond donors (Lipinski definition) is 1. The molecule has 0 aliphatic carbocycles. The molecule has 1 aliphatic heterocycles. The van der Waals surface area contributed by atoms with Crippen molar-refractivity contribution in [2.75, 3.05) is 34.0 Å². The van der Waals surface area contributed by atoms with Crippen molar-refractivity contribution in [3.8, 4) is 11.4 Å². The first kappa shape index (κ1) is 27.2. The van der Waals surface area contributed by atoms with E-state index in [1.807, 2.05) is 35.9 Å². The molecule has 0 spiro atoms. The summed E-state index contributed by atoms with van der Waals surface area (Å²) in [5, 5.41) is 13.1. The number of likely N-dealkylation sites (N-methyl/N-ethyl adjacent to an activating group) is 1. The fourth-order valence-corrected chi connectivity index (χ4v) is 4.28. The monoisotopic (exact) mass is 530 g/mol. The summed E-state index contributed by atoms with van der Waals surface area (Å²) in [5.74, 6) is -3.08. The lowest BCUT2D eigenvalue weighted by molar-refractivity contribution is -0.0344. The first-order chi connectivity index (χ1) is 18.3. The molecule has 1 aromatic heterocycles. The number of aromatic nitrogens is 2. The third-order valence-corrected chi connectivity index (χ3v) is 6.16. The predicted molar refractivity (Wildman–Crippen MR) is 136 cm³/mol. The van der Waals surface area contributed by atoms with Gasteiger partial charge in [0, 0.05) is 19.7 Å². The second-order valence-corrected chi connectivity index (χ2v) is 8.76. The Morgan fingerprint density at radius 3 is 2.53 bits per heavy atom. The molecule has 4 rings (SSSR count). The van der Waals surface area contributed by atoms with Crippen LogP contribution >= 0.6 is 0 Å². The first-order valence-corrected chi connectivity index (χ1v) is 12.0. The smallest absolute Gasteiger partial charge is 0.194 e. The van der Waals surface area contributed by atoms with Crippen molar-refractivity contribution in [3.05, 3.63) is 83.2 Å². The summed E-state index contributed by atoms with van der Waals surface area (Å²) in [7, 11) is 3.29. The molecule has 0 saturated carbocycles. The number of oxime groups is 1. The average molecular weight is 531 g/mol. The van der Waals surface area contributed by atoms with Gasteiger partial charge in [-0.25, -0.2) is 18.2 Å². The normalized spacial score (nSPS) is 17.6. The fourth-order valence-electron chi connectivity index (χ4n) is 4.28. The molecule has 11 heteroatoms. The van der Waals surface area contributed by atoms with Crippen LogP contribution in [0.15, 0.2) is 54.1 Å². The van der Waals surface area contributed by atoms with E-state index in [-0.39, 0.29) is 25.4 Å². The molecule has 1 N–H and O–H groups in total. The molecule has 0 amide bonds. The Morgan fingerprint density at radius 1 is 1.11 bits per heavy atom. The van der Waals surface area contributed by atoms with E-state index in [0.717, 1.165) is 29.1 Å². The van der Waals surface area contributed by atoms with Crippen LogP contribution in [0.25, 0.3) is 11.8 Å². The van der Waals surface area contributed by atoms with E-state index in [1.54, 1.807) is 37.5 Å². The van der Waals surface area contributed by atoms with E-state index >= 15 is 0 Å². The van der Waals surface area contributed by atoms with Crippen LogP contribution in [0.1, 0.15) is 29.3 Å². The van der Waals surface area contributed by atoms with E-state index in [0.29, 0.717) is 18.0 Å². The molecule has 2 atom stereocenters. The van der Waals surface area contributed by atoms with Crippen LogP contribution in [0.2, 0.25) is 0 Å². The summed E-state index contributed by atoms with van der Waals surface area (Å²) in [5.41, 5.74) is 2.71. The van der Waals surface area contributed by atoms with Gasteiger partial charge in [-0.2, -0.15) is 0 Å². The van der Waals surface area contributed by atoms with E-state index in [9.17, 15) is 13.2 Å². The van der Waals surface area contributed by atoms with Crippen molar-refractivity contribution >= 4 is 11.9 Å². The first-order valence-electron chi connectivity index (χ1n) is 12.0. The van der Waals surface area contributed by atoms with Crippen LogP contribution in [0.3, 0.4) is 0 Å². The molecule has 1 aliphatic rings. The molecule has 3 aromatic rings. The summed E-state index contributed by atoms with van der Waals surface area (Å²) in [4.78, 5) is 11.7. The Morgan fingerprint density at radius 2 is 1.87 bits per heavy atom. The Hall–Kier alpha value is -3.83. The number of hydrogen-bond acceptors (Lipinski definition) is 7. The highest BCUT2D eigenvalue weighted by molar-refractivity contribution is 5.96. The zero-order valence-electron chi connectivity index (χ0n) is 21.3. The van der Waals surface area contributed by atoms with Gasteiger partial charge in [-0.15, -0.1) is 0 Å². The number of rotatable bonds is 10. The molecular weight excluding hydrogens is 501 g/mol. The van der Waals surface area contributed by atoms with Gasteiger partial charge in [0.15, 0.2) is 29.4 Å². The number of amidine groups is 1. The van der Waals surface area contributed by atoms with Crippen molar-refractivity contribution in [3.63, 3.8) is 0 Å². The van der Waals surface area contributed by atoms with E-state index in [1.165, 1.54) is 0 Å². The molecule has 0 fully saturated rings. The predicted octanol–water partition coefficient (Wildman–Crippen LogP) is 4.40. The van der Waals surface area contributed by atoms with E-state index in [2.05, 4.69) is 10.1 Å². The number of benzene rings is 2. The SMILES string of the molecule is COc1cc(/C=C/C2=NOC(CCOCCO)[C@H](c3cc(F)c(F)c(F)c3)N2C)ccc1-n1cnc(C)c1. The quantitative estimate of drug-likeness (QED) is 0.309. The number of halogens is 3. The summed E-state index contributed by atoms with van der Waals surface area (Å²) in [6, 6.07) is 6.89. The molecular formula is C27H29F3N4O4. The molecule has 2 heterocycles. The van der Waals surface area contributed by atoms with Gasteiger partial charge in [-0.05, 0) is 48.4 Å². The second-order valence-electron chi connectivity index (χ2n) is 8.76. The Kier molecular flexibility index (Phi) is 8.70. The van der Waals surface area contributed by atoms with Crippen molar-refractivity contribution in [2.24, 2.45) is 5.16 Å². The number of aliphatic hydroxyl groups is 1. The Balaban J connectivity index is 1.60. The lowest BCUT2D eigenvalue weighted by Gasteiger charge is -2.38. The second kappa shape index (κ2) is 12.1. The average Bonchev–Trinajstić information content (AvgIpc) is 3.34. The minimum absolute atomic E-state index is 0.135. The number of methoxy groups -OCH3 is 1. The molecule has 0 radical (unpaired) electrons. The summed E-state index contributed by atoms with van der Waals surface area (Å²) < 4.78 is 54.6. The number of aryl methyl sites for hydroxylation is 1. The molecule has 8 nitrogen and oxygen atoms in total. The summed E-state index contributed by atoms with van der Waals surface area (Å²) in [6.45, 7) is 2.14. The van der Waals surface area contributed by atoms with Gasteiger partial charge in [0.2, 0.25) is 0 Å². The molecule has 202 valence electrons. The Labute approximate surface area is 218 Å². The van der Waals surface area contributed by atoms with Gasteiger partial charge < -0.3 is 28.9 Å². The maximum absolute atomic E-state index is 14.1. The lowest BCUT2D eigenvalue weighted by Crippen LogP contribution is -2.42. The number of ether oxygens (including phenoxy) is 2. The lowest BCUT2D eigenvalue weighted by atomic mass is 9.96. The zero-order chi connectivity index (χ0) is 27.2. The van der Waals surface area contributed by atoms with Crippen molar-refractivity contribution in [1.82, 2.24) is 14.5 Å². The molecule has 38 heavy (non-hydrogen) atoms. The number of imidazole rings is 1. The van der Waals surface area contributed by atoms with Gasteiger partial charge in [-0.1, -0.05) is 17.3 Å². The molecule has 0 saturated heterocycles. The Bertz CT molecular complexity index is 1300. The van der Waals surface area contributed by atoms with Gasteiger partial charge in [0.05, 0.1) is 50.7 Å². The highest BCUT2D eigenvalue weighted by atomic mass is 19.2. The van der Waals surface area contributed by atoms with Gasteiger partial charge in [0.25, 0.3) is 0 Å². The number of nitrogens with zero attached hydrogens (tertiary/aromatic N) is 4. The highest BCUT2D eigenvalue weighted by Crippen LogP contribution is 2.33. The standard InChI is InChI=1S/C27H29F3N4O4/c1-17-15-34(16-31-17)22-6-4-18(12-24(22)36-3)5-7-25-32-38-23(8-10-37-11-9-35)27(33(25)2)19-13-20(28)26(30)21(29)14-19/h4-7,12-16,23,27,35H,8-11H2,1-3H3/b7-5+/t23?,27-/m0/s1. The fraction of sp³-hybridized carbons (Fsp3) is 0.333. The van der Waals surface area contributed by atoms with Crippen molar-refractivity contribution < 1.29 is 32.6 Å². The van der Waals surface area contributed by atoms with Crippen LogP contribution in [0.5, 0.6) is 5.75 Å². The van der Waals surface area contributed by atoms with Gasteiger partial charge in [0.1, 0.15) is 5.75 Å². The molecule has 1 unspecified atom stereocenters. The minimum Gasteiger partial charge on any atom is -0.495 e. The minimum atomic E-state index is -1.53. The third kappa shape index (κ3) is 6.00. The topological polar surface area (TPSA) is 81.3 Å². The van der Waals surface area contributed by atoms with Crippen LogP contribution in [0, 0.1) is 24.4 Å². The van der Waals surface area contributed by atoms with E-state index in [4.69, 9.17) is 19.4 Å². The van der Waals surface area contributed by atoms with E-state index < -0.39 is 29.6 Å². The van der Waals surface area contributed by atoms with Crippen LogP contribution in [-0.2, 0) is 9.57 Å². The summed E-state index contributed by atoms with van der Waals surface area (Å²) in [6.07, 6.45) is 6.79. The van der Waals surface area contributed by atoms with Crippen molar-refractivity contribution in [1.29, 1.82) is 0 Å². The third-order valence-electron chi connectivity index (χ3n) is 6.16. The maximum atomic E-state index is 14.1. The van der Waals surface area contributed by atoms with Gasteiger partial charge >= 0.3 is 0 Å². The summed E-state index contributed by atoms with van der Waals surface area (Å²) >= 11 is 0. The zero-order valence-corrected chi connectivity index (χ0v) is 21.3. The molecule has 0 bridgehead atoms. The van der Waals surface area contributed by atoms with Crippen molar-refractivity contribution in [2.45, 2.75) is 25.5 Å².